The van der Waals surface area contributed by atoms with Crippen molar-refractivity contribution in [2.24, 2.45) is 0 Å². The molecule has 0 saturated heterocycles. The molecule has 3 heterocycles. The summed E-state index contributed by atoms with van der Waals surface area (Å²) in [5, 5.41) is 2.32. The Bertz CT molecular complexity index is 2920. The van der Waals surface area contributed by atoms with E-state index in [0.29, 0.717) is 6.04 Å². The first-order valence-corrected chi connectivity index (χ1v) is 19.4. The third-order valence-electron chi connectivity index (χ3n) is 11.9. The average molecular weight is 914 g/mol. The summed E-state index contributed by atoms with van der Waals surface area (Å²) < 4.78 is 2.29. The van der Waals surface area contributed by atoms with Crippen molar-refractivity contribution in [3.63, 3.8) is 0 Å². The minimum atomic E-state index is -0.686. The summed E-state index contributed by atoms with van der Waals surface area (Å²) in [5.74, 6) is 0.864. The predicted octanol–water partition coefficient (Wildman–Crippen LogP) is 12.1. The number of benzene rings is 7. The van der Waals surface area contributed by atoms with Gasteiger partial charge >= 0.3 is 21.1 Å². The fraction of sp³-hybridized carbons (Fsp3) is 0.0962. The molecule has 0 amide bonds. The summed E-state index contributed by atoms with van der Waals surface area (Å²) >= 11 is 0. The van der Waals surface area contributed by atoms with Gasteiger partial charge in [-0.15, -0.1) is 22.6 Å². The van der Waals surface area contributed by atoms with Crippen LogP contribution in [0.1, 0.15) is 36.1 Å². The maximum absolute atomic E-state index is 5.00. The van der Waals surface area contributed by atoms with E-state index in [1.165, 1.54) is 39.0 Å². The summed E-state index contributed by atoms with van der Waals surface area (Å²) in [6.07, 6.45) is 1.92. The minimum absolute atomic E-state index is 0. The van der Waals surface area contributed by atoms with Gasteiger partial charge in [-0.3, -0.25) is 0 Å². The van der Waals surface area contributed by atoms with Crippen LogP contribution in [0.2, 0.25) is 0 Å². The van der Waals surface area contributed by atoms with Crippen molar-refractivity contribution < 1.29 is 21.1 Å². The minimum Gasteiger partial charge on any atom is -0.349 e. The molecule has 1 aliphatic carbocycles. The summed E-state index contributed by atoms with van der Waals surface area (Å²) in [7, 11) is 0. The fourth-order valence-corrected chi connectivity index (χ4v) is 9.38. The molecule has 5 heteroatoms. The molecule has 1 aliphatic heterocycles. The van der Waals surface area contributed by atoms with Gasteiger partial charge < -0.3 is 14.4 Å². The Hall–Kier alpha value is -6.22. The van der Waals surface area contributed by atoms with Crippen LogP contribution >= 0.6 is 0 Å². The van der Waals surface area contributed by atoms with Crippen LogP contribution in [0, 0.1) is 12.1 Å². The molecule has 0 fully saturated rings. The molecular weight excluding hydrogens is 876 g/mol. The summed E-state index contributed by atoms with van der Waals surface area (Å²) in [5.41, 5.74) is 14.3. The van der Waals surface area contributed by atoms with Crippen LogP contribution in [-0.2, 0) is 26.5 Å². The first-order valence-electron chi connectivity index (χ1n) is 19.4. The van der Waals surface area contributed by atoms with E-state index in [-0.39, 0.29) is 21.1 Å². The zero-order chi connectivity index (χ0) is 37.4. The zero-order valence-corrected chi connectivity index (χ0v) is 33.9. The number of hydrogen-bond donors (Lipinski definition) is 0. The number of pyridine rings is 1. The molecule has 0 atom stereocenters. The molecular formula is C52H38N4Pt. The quantitative estimate of drug-likeness (QED) is 0.155. The van der Waals surface area contributed by atoms with Crippen molar-refractivity contribution >= 4 is 38.9 Å². The molecule has 2 aromatic heterocycles. The van der Waals surface area contributed by atoms with Crippen molar-refractivity contribution in [3.05, 3.63) is 210 Å². The van der Waals surface area contributed by atoms with E-state index in [0.717, 1.165) is 56.8 Å². The van der Waals surface area contributed by atoms with Gasteiger partial charge in [0, 0.05) is 23.2 Å². The molecule has 2 aliphatic rings. The van der Waals surface area contributed by atoms with Crippen LogP contribution in [0.25, 0.3) is 49.9 Å². The largest absolute Gasteiger partial charge is 2.00 e. The van der Waals surface area contributed by atoms with Crippen LogP contribution in [0.15, 0.2) is 176 Å². The summed E-state index contributed by atoms with van der Waals surface area (Å²) in [6, 6.07) is 69.8. The Morgan fingerprint density at radius 3 is 2.02 bits per heavy atom. The van der Waals surface area contributed by atoms with Gasteiger partial charge in [-0.05, 0) is 82.9 Å². The van der Waals surface area contributed by atoms with Crippen molar-refractivity contribution in [3.8, 4) is 28.1 Å². The Labute approximate surface area is 347 Å². The van der Waals surface area contributed by atoms with Crippen molar-refractivity contribution in [2.45, 2.75) is 25.3 Å². The number of para-hydroxylation sites is 3. The normalized spacial score (nSPS) is 13.8. The van der Waals surface area contributed by atoms with Crippen molar-refractivity contribution in [1.82, 2.24) is 9.55 Å². The van der Waals surface area contributed by atoms with Crippen molar-refractivity contribution in [1.29, 1.82) is 0 Å². The maximum Gasteiger partial charge on any atom is 2.00 e. The Balaban J connectivity index is 0.00000396. The van der Waals surface area contributed by atoms with E-state index in [9.17, 15) is 0 Å². The third kappa shape index (κ3) is 5.27. The zero-order valence-electron chi connectivity index (χ0n) is 31.6. The van der Waals surface area contributed by atoms with Crippen LogP contribution < -0.4 is 9.80 Å². The Kier molecular flexibility index (Phi) is 8.50. The molecule has 0 unspecified atom stereocenters. The monoisotopic (exact) mass is 913 g/mol. The molecule has 0 spiro atoms. The predicted molar refractivity (Wildman–Crippen MR) is 230 cm³/mol. The molecule has 0 bridgehead atoms. The number of rotatable bonds is 6. The van der Waals surface area contributed by atoms with Gasteiger partial charge in [0.25, 0.3) is 0 Å². The average Bonchev–Trinajstić information content (AvgIpc) is 3.91. The van der Waals surface area contributed by atoms with Gasteiger partial charge in [0.1, 0.15) is 5.82 Å². The van der Waals surface area contributed by atoms with Gasteiger partial charge in [0.15, 0.2) is 0 Å². The summed E-state index contributed by atoms with van der Waals surface area (Å²) in [6.45, 7) is 5.30. The van der Waals surface area contributed by atoms with Gasteiger partial charge in [0.2, 0.25) is 0 Å². The van der Waals surface area contributed by atoms with E-state index in [2.05, 4.69) is 210 Å². The summed E-state index contributed by atoms with van der Waals surface area (Å²) in [4.78, 5) is 9.88. The van der Waals surface area contributed by atoms with Crippen molar-refractivity contribution in [2.75, 3.05) is 16.5 Å². The second kappa shape index (κ2) is 13.8. The number of anilines is 3. The number of hydrogen-bond acceptors (Lipinski definition) is 3. The van der Waals surface area contributed by atoms with Gasteiger partial charge in [0.05, 0.1) is 18.0 Å². The van der Waals surface area contributed by atoms with Gasteiger partial charge in [-0.2, -0.15) is 36.4 Å². The topological polar surface area (TPSA) is 24.3 Å². The molecule has 0 saturated carbocycles. The first kappa shape index (κ1) is 35.2. The molecule has 57 heavy (non-hydrogen) atoms. The van der Waals surface area contributed by atoms with Gasteiger partial charge in [-0.1, -0.05) is 120 Å². The van der Waals surface area contributed by atoms with Gasteiger partial charge in [-0.25, -0.2) is 4.98 Å². The molecule has 11 rings (SSSR count). The second-order valence-corrected chi connectivity index (χ2v) is 15.2. The van der Waals surface area contributed by atoms with Crippen LogP contribution in [-0.4, -0.2) is 22.3 Å². The van der Waals surface area contributed by atoms with E-state index in [1.807, 2.05) is 6.20 Å². The molecule has 9 aromatic rings. The van der Waals surface area contributed by atoms with Crippen LogP contribution in [0.5, 0.6) is 0 Å². The number of nitrogens with zero attached hydrogens (tertiary/aromatic N) is 4. The fourth-order valence-electron chi connectivity index (χ4n) is 9.38. The van der Waals surface area contributed by atoms with E-state index in [4.69, 9.17) is 4.98 Å². The van der Waals surface area contributed by atoms with E-state index >= 15 is 0 Å². The number of aromatic nitrogens is 2. The molecule has 4 nitrogen and oxygen atoms in total. The smallest absolute Gasteiger partial charge is 0.349 e. The van der Waals surface area contributed by atoms with Crippen LogP contribution in [0.4, 0.5) is 17.1 Å². The molecule has 0 radical (unpaired) electrons. The third-order valence-corrected chi connectivity index (χ3v) is 11.9. The standard InChI is InChI=1S/C52H38N4.Pt/c1-35(2)54-34-55(49-26-13-12-25-48(49)54)40-18-14-17-38(32-40)52(45-22-9-6-19-41(45)42-20-7-10-23-46(42)52)39-27-28-44-43-21-8-11-24-47(43)56(50(44)33-39)51-31-37(29-30-53-51)36-15-4-3-5-16-36;/h3-31,35H,34H2,1-2H3;/q-2;+2. The second-order valence-electron chi connectivity index (χ2n) is 15.2. The van der Waals surface area contributed by atoms with Crippen LogP contribution in [0.3, 0.4) is 0 Å². The molecule has 7 aromatic carbocycles. The Morgan fingerprint density at radius 1 is 0.579 bits per heavy atom. The van der Waals surface area contributed by atoms with E-state index < -0.39 is 5.41 Å². The molecule has 276 valence electrons. The number of fused-ring (bicyclic) bond motifs is 7. The Morgan fingerprint density at radius 2 is 1.25 bits per heavy atom. The SMILES string of the molecule is CC(C)N1CN(c2[c-]c(C3(c4[c-]c5c(cc4)c4ccccc4n5-c4cc(-c5ccccc5)ccn4)c4ccccc4-c4ccccc43)ccc2)c2ccccc21.[Pt+2]. The maximum atomic E-state index is 5.00. The first-order chi connectivity index (χ1) is 27.6. The molecule has 0 N–H and O–H groups in total. The van der Waals surface area contributed by atoms with E-state index in [1.54, 1.807) is 0 Å².